The molecule has 2 atom stereocenters. The smallest absolute Gasteiger partial charge is 0.0223 e. The minimum atomic E-state index is 0.300. The average molecular weight is 212 g/mol. The van der Waals surface area contributed by atoms with E-state index in [1.165, 1.54) is 32.1 Å². The minimum Gasteiger partial charge on any atom is -0.313 e. The van der Waals surface area contributed by atoms with Crippen LogP contribution in [0.25, 0.3) is 0 Å². The fourth-order valence-corrected chi connectivity index (χ4v) is 2.39. The summed E-state index contributed by atoms with van der Waals surface area (Å²) < 4.78 is 0. The van der Waals surface area contributed by atoms with Gasteiger partial charge in [-0.05, 0) is 40.2 Å². The molecule has 0 aliphatic carbocycles. The van der Waals surface area contributed by atoms with Crippen LogP contribution < -0.4 is 10.6 Å². The summed E-state index contributed by atoms with van der Waals surface area (Å²) in [4.78, 5) is 0. The first-order valence-corrected chi connectivity index (χ1v) is 6.56. The molecule has 2 N–H and O–H groups in total. The number of hydrogen-bond acceptors (Lipinski definition) is 2. The first kappa shape index (κ1) is 13.0. The van der Waals surface area contributed by atoms with Crippen LogP contribution in [-0.4, -0.2) is 24.2 Å². The van der Waals surface area contributed by atoms with Crippen LogP contribution in [0.15, 0.2) is 0 Å². The van der Waals surface area contributed by atoms with Gasteiger partial charge in [-0.3, -0.25) is 0 Å². The summed E-state index contributed by atoms with van der Waals surface area (Å²) in [6.07, 6.45) is 6.58. The molecule has 0 amide bonds. The Kier molecular flexibility index (Phi) is 5.07. The van der Waals surface area contributed by atoms with Crippen molar-refractivity contribution in [2.75, 3.05) is 6.54 Å². The molecule has 0 aromatic carbocycles. The molecule has 0 saturated carbocycles. The van der Waals surface area contributed by atoms with E-state index < -0.39 is 0 Å². The highest BCUT2D eigenvalue weighted by molar-refractivity contribution is 4.91. The quantitative estimate of drug-likeness (QED) is 0.700. The highest BCUT2D eigenvalue weighted by atomic mass is 15.1. The van der Waals surface area contributed by atoms with Gasteiger partial charge in [0.15, 0.2) is 0 Å². The largest absolute Gasteiger partial charge is 0.313 e. The first-order valence-electron chi connectivity index (χ1n) is 6.56. The highest BCUT2D eigenvalue weighted by Gasteiger charge is 2.28. The van der Waals surface area contributed by atoms with Gasteiger partial charge in [-0.1, -0.05) is 26.2 Å². The first-order chi connectivity index (χ1) is 7.05. The molecule has 0 spiro atoms. The third kappa shape index (κ3) is 4.52. The summed E-state index contributed by atoms with van der Waals surface area (Å²) >= 11 is 0. The molecule has 1 fully saturated rings. The van der Waals surface area contributed by atoms with Gasteiger partial charge in [0.2, 0.25) is 0 Å². The van der Waals surface area contributed by atoms with Crippen LogP contribution in [-0.2, 0) is 0 Å². The van der Waals surface area contributed by atoms with Crippen LogP contribution in [0.1, 0.15) is 59.8 Å². The molecule has 0 unspecified atom stereocenters. The second-order valence-corrected chi connectivity index (χ2v) is 5.62. The summed E-state index contributed by atoms with van der Waals surface area (Å²) in [5.41, 5.74) is 0.300. The molecule has 1 aliphatic heterocycles. The maximum atomic E-state index is 3.80. The van der Waals surface area contributed by atoms with E-state index in [2.05, 4.69) is 38.3 Å². The number of rotatable bonds is 4. The standard InChI is InChI=1S/C13H28N2/c1-5-6-7-8-12-11(2)14-10-9-13(3,4)15-12/h11-12,14-15H,5-10H2,1-4H3/t11-,12-/m1/s1. The molecule has 0 bridgehead atoms. The molecule has 2 nitrogen and oxygen atoms in total. The van der Waals surface area contributed by atoms with Crippen molar-refractivity contribution in [1.29, 1.82) is 0 Å². The van der Waals surface area contributed by atoms with E-state index in [0.29, 0.717) is 17.6 Å². The van der Waals surface area contributed by atoms with Crippen molar-refractivity contribution < 1.29 is 0 Å². The Labute approximate surface area is 95.2 Å². The second kappa shape index (κ2) is 5.86. The Morgan fingerprint density at radius 1 is 1.27 bits per heavy atom. The molecular weight excluding hydrogens is 184 g/mol. The van der Waals surface area contributed by atoms with Gasteiger partial charge in [0, 0.05) is 17.6 Å². The number of unbranched alkanes of at least 4 members (excludes halogenated alkanes) is 2. The van der Waals surface area contributed by atoms with E-state index in [4.69, 9.17) is 0 Å². The summed E-state index contributed by atoms with van der Waals surface area (Å²) in [5, 5.41) is 7.42. The van der Waals surface area contributed by atoms with Gasteiger partial charge in [0.1, 0.15) is 0 Å². The van der Waals surface area contributed by atoms with E-state index in [1.54, 1.807) is 0 Å². The zero-order valence-corrected chi connectivity index (χ0v) is 10.9. The van der Waals surface area contributed by atoms with Crippen molar-refractivity contribution in [2.45, 2.75) is 77.4 Å². The molecule has 0 aromatic heterocycles. The molecule has 1 saturated heterocycles. The van der Waals surface area contributed by atoms with Gasteiger partial charge < -0.3 is 10.6 Å². The Bertz CT molecular complexity index is 177. The Hall–Kier alpha value is -0.0800. The molecule has 2 heteroatoms. The van der Waals surface area contributed by atoms with Gasteiger partial charge >= 0.3 is 0 Å². The predicted octanol–water partition coefficient (Wildman–Crippen LogP) is 2.69. The Balaban J connectivity index is 2.43. The zero-order chi connectivity index (χ0) is 11.3. The van der Waals surface area contributed by atoms with E-state index >= 15 is 0 Å². The zero-order valence-electron chi connectivity index (χ0n) is 10.9. The Morgan fingerprint density at radius 3 is 2.67 bits per heavy atom. The summed E-state index contributed by atoms with van der Waals surface area (Å²) in [7, 11) is 0. The van der Waals surface area contributed by atoms with Gasteiger partial charge in [-0.15, -0.1) is 0 Å². The van der Waals surface area contributed by atoms with Gasteiger partial charge in [0.25, 0.3) is 0 Å². The van der Waals surface area contributed by atoms with Gasteiger partial charge in [-0.25, -0.2) is 0 Å². The van der Waals surface area contributed by atoms with Gasteiger partial charge in [0.05, 0.1) is 0 Å². The van der Waals surface area contributed by atoms with Crippen molar-refractivity contribution in [3.05, 3.63) is 0 Å². The highest BCUT2D eigenvalue weighted by Crippen LogP contribution is 2.17. The SMILES string of the molecule is CCCCC[C@H]1NC(C)(C)CCN[C@@H]1C. The predicted molar refractivity (Wildman–Crippen MR) is 67.2 cm³/mol. The molecule has 1 aliphatic rings. The van der Waals surface area contributed by atoms with E-state index in [1.807, 2.05) is 0 Å². The molecular formula is C13H28N2. The fraction of sp³-hybridized carbons (Fsp3) is 1.00. The van der Waals surface area contributed by atoms with Crippen LogP contribution in [0.4, 0.5) is 0 Å². The maximum absolute atomic E-state index is 3.80. The number of hydrogen-bond donors (Lipinski definition) is 2. The van der Waals surface area contributed by atoms with Crippen molar-refractivity contribution in [1.82, 2.24) is 10.6 Å². The van der Waals surface area contributed by atoms with Crippen molar-refractivity contribution in [2.24, 2.45) is 0 Å². The van der Waals surface area contributed by atoms with Crippen LogP contribution in [0.3, 0.4) is 0 Å². The lowest BCUT2D eigenvalue weighted by Crippen LogP contribution is -2.49. The van der Waals surface area contributed by atoms with E-state index in [-0.39, 0.29) is 0 Å². The minimum absolute atomic E-state index is 0.300. The maximum Gasteiger partial charge on any atom is 0.0223 e. The second-order valence-electron chi connectivity index (χ2n) is 5.62. The van der Waals surface area contributed by atoms with Crippen molar-refractivity contribution >= 4 is 0 Å². The molecule has 90 valence electrons. The molecule has 0 radical (unpaired) electrons. The van der Waals surface area contributed by atoms with Crippen LogP contribution >= 0.6 is 0 Å². The lowest BCUT2D eigenvalue weighted by Gasteiger charge is -2.31. The van der Waals surface area contributed by atoms with E-state index in [9.17, 15) is 0 Å². The normalized spacial score (nSPS) is 31.2. The van der Waals surface area contributed by atoms with Crippen molar-refractivity contribution in [3.63, 3.8) is 0 Å². The molecule has 0 aromatic rings. The lowest BCUT2D eigenvalue weighted by atomic mass is 9.97. The average Bonchev–Trinajstić information content (AvgIpc) is 2.27. The number of nitrogens with one attached hydrogen (secondary N) is 2. The summed E-state index contributed by atoms with van der Waals surface area (Å²) in [6, 6.07) is 1.26. The third-order valence-corrected chi connectivity index (χ3v) is 3.51. The molecule has 15 heavy (non-hydrogen) atoms. The monoisotopic (exact) mass is 212 g/mol. The van der Waals surface area contributed by atoms with Crippen molar-refractivity contribution in [3.8, 4) is 0 Å². The Morgan fingerprint density at radius 2 is 2.00 bits per heavy atom. The third-order valence-electron chi connectivity index (χ3n) is 3.51. The lowest BCUT2D eigenvalue weighted by molar-refractivity contribution is 0.307. The van der Waals surface area contributed by atoms with Gasteiger partial charge in [-0.2, -0.15) is 0 Å². The summed E-state index contributed by atoms with van der Waals surface area (Å²) in [5.74, 6) is 0. The van der Waals surface area contributed by atoms with E-state index in [0.717, 1.165) is 6.54 Å². The topological polar surface area (TPSA) is 24.1 Å². The van der Waals surface area contributed by atoms with Crippen LogP contribution in [0.5, 0.6) is 0 Å². The molecule has 1 rings (SSSR count). The summed E-state index contributed by atoms with van der Waals surface area (Å²) in [6.45, 7) is 10.4. The molecule has 1 heterocycles. The van der Waals surface area contributed by atoms with Crippen LogP contribution in [0.2, 0.25) is 0 Å². The fourth-order valence-electron chi connectivity index (χ4n) is 2.39. The van der Waals surface area contributed by atoms with Crippen LogP contribution in [0, 0.1) is 0 Å².